The molecule has 2 rings (SSSR count). The van der Waals surface area contributed by atoms with Crippen molar-refractivity contribution in [3.63, 3.8) is 0 Å². The number of rotatable bonds is 7. The SMILES string of the molecule is CN(CC(=O)NCc1cccc(C(N)=O)c1)S(=O)(=O)c1cccnc1. The molecule has 0 spiro atoms. The molecule has 0 aliphatic carbocycles. The summed E-state index contributed by atoms with van der Waals surface area (Å²) in [7, 11) is -2.47. The molecule has 2 aromatic rings. The van der Waals surface area contributed by atoms with Crippen LogP contribution in [0.5, 0.6) is 0 Å². The summed E-state index contributed by atoms with van der Waals surface area (Å²) < 4.78 is 25.6. The number of nitrogens with zero attached hydrogens (tertiary/aromatic N) is 2. The van der Waals surface area contributed by atoms with Crippen molar-refractivity contribution in [3.8, 4) is 0 Å². The largest absolute Gasteiger partial charge is 0.366 e. The Morgan fingerprint density at radius 2 is 2.00 bits per heavy atom. The molecule has 0 saturated heterocycles. The molecule has 0 fully saturated rings. The molecule has 0 saturated carbocycles. The van der Waals surface area contributed by atoms with Gasteiger partial charge in [-0.25, -0.2) is 8.42 Å². The van der Waals surface area contributed by atoms with Gasteiger partial charge in [-0.05, 0) is 29.8 Å². The van der Waals surface area contributed by atoms with E-state index < -0.39 is 21.8 Å². The third-order valence-corrected chi connectivity index (χ3v) is 5.20. The molecule has 0 atom stereocenters. The van der Waals surface area contributed by atoms with Crippen LogP contribution in [0.2, 0.25) is 0 Å². The van der Waals surface area contributed by atoms with Crippen LogP contribution in [0.25, 0.3) is 0 Å². The van der Waals surface area contributed by atoms with Gasteiger partial charge >= 0.3 is 0 Å². The molecule has 0 aliphatic heterocycles. The van der Waals surface area contributed by atoms with Crippen LogP contribution in [0.3, 0.4) is 0 Å². The molecule has 0 aliphatic rings. The number of pyridine rings is 1. The van der Waals surface area contributed by atoms with E-state index >= 15 is 0 Å². The number of hydrogen-bond acceptors (Lipinski definition) is 5. The van der Waals surface area contributed by atoms with Gasteiger partial charge in [-0.1, -0.05) is 12.1 Å². The van der Waals surface area contributed by atoms with Crippen molar-refractivity contribution in [2.75, 3.05) is 13.6 Å². The maximum absolute atomic E-state index is 12.3. The van der Waals surface area contributed by atoms with Crippen LogP contribution in [0.15, 0.2) is 53.7 Å². The zero-order valence-electron chi connectivity index (χ0n) is 13.5. The number of hydrogen-bond donors (Lipinski definition) is 2. The lowest BCUT2D eigenvalue weighted by atomic mass is 10.1. The molecular formula is C16H18N4O4S. The minimum Gasteiger partial charge on any atom is -0.366 e. The van der Waals surface area contributed by atoms with Crippen molar-refractivity contribution in [3.05, 3.63) is 59.9 Å². The average molecular weight is 362 g/mol. The number of benzene rings is 1. The Morgan fingerprint density at radius 3 is 2.64 bits per heavy atom. The molecule has 0 unspecified atom stereocenters. The Kier molecular flexibility index (Phi) is 5.84. The summed E-state index contributed by atoms with van der Waals surface area (Å²) in [6, 6.07) is 9.43. The maximum atomic E-state index is 12.3. The highest BCUT2D eigenvalue weighted by atomic mass is 32.2. The number of nitrogens with one attached hydrogen (secondary N) is 1. The van der Waals surface area contributed by atoms with E-state index in [2.05, 4.69) is 10.3 Å². The summed E-state index contributed by atoms with van der Waals surface area (Å²) in [6.07, 6.45) is 2.69. The molecule has 0 bridgehead atoms. The van der Waals surface area contributed by atoms with Gasteiger partial charge in [0, 0.05) is 31.5 Å². The van der Waals surface area contributed by atoms with Crippen LogP contribution < -0.4 is 11.1 Å². The van der Waals surface area contributed by atoms with Gasteiger partial charge < -0.3 is 11.1 Å². The Bertz CT molecular complexity index is 869. The van der Waals surface area contributed by atoms with E-state index in [0.29, 0.717) is 11.1 Å². The fourth-order valence-electron chi connectivity index (χ4n) is 2.06. The third-order valence-electron chi connectivity index (χ3n) is 3.41. The first-order chi connectivity index (χ1) is 11.8. The van der Waals surface area contributed by atoms with E-state index in [0.717, 1.165) is 4.31 Å². The quantitative estimate of drug-likeness (QED) is 0.724. The van der Waals surface area contributed by atoms with E-state index in [1.54, 1.807) is 24.3 Å². The smallest absolute Gasteiger partial charge is 0.248 e. The number of sulfonamides is 1. The highest BCUT2D eigenvalue weighted by Gasteiger charge is 2.22. The standard InChI is InChI=1S/C16H18N4O4S/c1-20(25(23,24)14-6-3-7-18-10-14)11-15(21)19-9-12-4-2-5-13(8-12)16(17)22/h2-8,10H,9,11H2,1H3,(H2,17,22)(H,19,21). The summed E-state index contributed by atoms with van der Waals surface area (Å²) in [6.45, 7) is -0.187. The second-order valence-corrected chi connectivity index (χ2v) is 7.34. The predicted molar refractivity (Wildman–Crippen MR) is 90.9 cm³/mol. The predicted octanol–water partition coefficient (Wildman–Crippen LogP) is 0.117. The zero-order chi connectivity index (χ0) is 18.4. The molecule has 25 heavy (non-hydrogen) atoms. The second-order valence-electron chi connectivity index (χ2n) is 5.29. The van der Waals surface area contributed by atoms with Crippen LogP contribution in [0.4, 0.5) is 0 Å². The molecule has 8 nitrogen and oxygen atoms in total. The number of aromatic nitrogens is 1. The van der Waals surface area contributed by atoms with Gasteiger partial charge in [0.1, 0.15) is 4.90 Å². The lowest BCUT2D eigenvalue weighted by Gasteiger charge is -2.16. The molecule has 1 aromatic heterocycles. The van der Waals surface area contributed by atoms with Crippen molar-refractivity contribution in [2.45, 2.75) is 11.4 Å². The summed E-state index contributed by atoms with van der Waals surface area (Å²) in [5.74, 6) is -1.03. The van der Waals surface area contributed by atoms with E-state index in [9.17, 15) is 18.0 Å². The van der Waals surface area contributed by atoms with Gasteiger partial charge in [-0.15, -0.1) is 0 Å². The van der Waals surface area contributed by atoms with Crippen molar-refractivity contribution >= 4 is 21.8 Å². The molecule has 132 valence electrons. The fraction of sp³-hybridized carbons (Fsp3) is 0.188. The second kappa shape index (κ2) is 7.86. The molecule has 1 aromatic carbocycles. The first kappa shape index (κ1) is 18.6. The monoisotopic (exact) mass is 362 g/mol. The zero-order valence-corrected chi connectivity index (χ0v) is 14.4. The molecule has 9 heteroatoms. The highest BCUT2D eigenvalue weighted by Crippen LogP contribution is 2.11. The fourth-order valence-corrected chi connectivity index (χ4v) is 3.15. The van der Waals surface area contributed by atoms with Gasteiger partial charge in [-0.2, -0.15) is 4.31 Å². The lowest BCUT2D eigenvalue weighted by Crippen LogP contribution is -2.38. The van der Waals surface area contributed by atoms with Crippen molar-refractivity contribution in [1.82, 2.24) is 14.6 Å². The first-order valence-corrected chi connectivity index (χ1v) is 8.76. The van der Waals surface area contributed by atoms with Gasteiger partial charge in [0.25, 0.3) is 0 Å². The van der Waals surface area contributed by atoms with Crippen LogP contribution >= 0.6 is 0 Å². The number of carbonyl (C=O) groups excluding carboxylic acids is 2. The van der Waals surface area contributed by atoms with Crippen LogP contribution in [0.1, 0.15) is 15.9 Å². The molecular weight excluding hydrogens is 344 g/mol. The van der Waals surface area contributed by atoms with Gasteiger partial charge in [0.2, 0.25) is 21.8 Å². The highest BCUT2D eigenvalue weighted by molar-refractivity contribution is 7.89. The Balaban J connectivity index is 1.96. The van der Waals surface area contributed by atoms with Gasteiger partial charge in [0.05, 0.1) is 6.54 Å². The van der Waals surface area contributed by atoms with Gasteiger partial charge in [0.15, 0.2) is 0 Å². The molecule has 3 N–H and O–H groups in total. The van der Waals surface area contributed by atoms with Crippen LogP contribution in [-0.2, 0) is 21.4 Å². The average Bonchev–Trinajstić information content (AvgIpc) is 2.61. The van der Waals surface area contributed by atoms with E-state index in [1.807, 2.05) is 0 Å². The third kappa shape index (κ3) is 4.85. The minimum atomic E-state index is -3.79. The Hall–Kier alpha value is -2.78. The Labute approximate surface area is 145 Å². The minimum absolute atomic E-state index is 0.0134. The first-order valence-electron chi connectivity index (χ1n) is 7.32. The van der Waals surface area contributed by atoms with E-state index in [1.165, 1.54) is 31.6 Å². The van der Waals surface area contributed by atoms with Crippen LogP contribution in [0, 0.1) is 0 Å². The lowest BCUT2D eigenvalue weighted by molar-refractivity contribution is -0.121. The summed E-state index contributed by atoms with van der Waals surface area (Å²) >= 11 is 0. The summed E-state index contributed by atoms with van der Waals surface area (Å²) in [5.41, 5.74) is 6.22. The van der Waals surface area contributed by atoms with Gasteiger partial charge in [-0.3, -0.25) is 14.6 Å². The number of amides is 2. The summed E-state index contributed by atoms with van der Waals surface area (Å²) in [5, 5.41) is 2.61. The molecule has 1 heterocycles. The van der Waals surface area contributed by atoms with Crippen molar-refractivity contribution in [1.29, 1.82) is 0 Å². The van der Waals surface area contributed by atoms with Crippen molar-refractivity contribution in [2.24, 2.45) is 5.73 Å². The number of carbonyl (C=O) groups is 2. The number of likely N-dealkylation sites (N-methyl/N-ethyl adjacent to an activating group) is 1. The van der Waals surface area contributed by atoms with Crippen LogP contribution in [-0.4, -0.2) is 43.1 Å². The van der Waals surface area contributed by atoms with E-state index in [4.69, 9.17) is 5.73 Å². The number of primary amides is 1. The molecule has 0 radical (unpaired) electrons. The van der Waals surface area contributed by atoms with Crippen molar-refractivity contribution < 1.29 is 18.0 Å². The molecule has 2 amide bonds. The topological polar surface area (TPSA) is 122 Å². The van der Waals surface area contributed by atoms with E-state index in [-0.39, 0.29) is 18.0 Å². The maximum Gasteiger partial charge on any atom is 0.248 e. The summed E-state index contributed by atoms with van der Waals surface area (Å²) in [4.78, 5) is 26.9. The number of nitrogens with two attached hydrogens (primary N) is 1. The Morgan fingerprint density at radius 1 is 1.24 bits per heavy atom. The normalized spacial score (nSPS) is 11.3.